The zero-order valence-corrected chi connectivity index (χ0v) is 18.0. The molecule has 0 radical (unpaired) electrons. The first-order valence-corrected chi connectivity index (χ1v) is 10.3. The molecular weight excluding hydrogens is 386 g/mol. The van der Waals surface area contributed by atoms with Gasteiger partial charge in [-0.05, 0) is 38.3 Å². The quantitative estimate of drug-likeness (QED) is 0.470. The molecule has 3 heterocycles. The van der Waals surface area contributed by atoms with E-state index in [0.29, 0.717) is 50.8 Å². The lowest BCUT2D eigenvalue weighted by molar-refractivity contribution is 0.0699. The summed E-state index contributed by atoms with van der Waals surface area (Å²) in [5.41, 5.74) is 0.192. The second kappa shape index (κ2) is 9.75. The Hall–Kier alpha value is -2.87. The Morgan fingerprint density at radius 3 is 2.83 bits per heavy atom. The van der Waals surface area contributed by atoms with Crippen LogP contribution >= 0.6 is 0 Å². The number of hydrogen-bond acceptors (Lipinski definition) is 6. The second-order valence-corrected chi connectivity index (χ2v) is 7.67. The molecule has 0 unspecified atom stereocenters. The van der Waals surface area contributed by atoms with Gasteiger partial charge in [-0.25, -0.2) is 4.98 Å². The van der Waals surface area contributed by atoms with Gasteiger partial charge in [0, 0.05) is 26.3 Å². The maximum Gasteiger partial charge on any atom is 0.265 e. The van der Waals surface area contributed by atoms with E-state index in [9.17, 15) is 9.59 Å². The van der Waals surface area contributed by atoms with Crippen LogP contribution in [0.1, 0.15) is 49.1 Å². The van der Waals surface area contributed by atoms with Crippen LogP contribution in [-0.4, -0.2) is 40.1 Å². The van der Waals surface area contributed by atoms with Crippen LogP contribution in [0.4, 0.5) is 0 Å². The predicted molar refractivity (Wildman–Crippen MR) is 112 cm³/mol. The maximum absolute atomic E-state index is 13.5. The van der Waals surface area contributed by atoms with Crippen LogP contribution in [0.25, 0.3) is 11.1 Å². The van der Waals surface area contributed by atoms with Crippen LogP contribution in [0.3, 0.4) is 0 Å². The molecule has 8 nitrogen and oxygen atoms in total. The van der Waals surface area contributed by atoms with Gasteiger partial charge in [0.1, 0.15) is 23.2 Å². The van der Waals surface area contributed by atoms with E-state index < -0.39 is 0 Å². The summed E-state index contributed by atoms with van der Waals surface area (Å²) in [4.78, 5) is 32.5. The van der Waals surface area contributed by atoms with E-state index in [0.717, 1.165) is 0 Å². The molecule has 0 saturated heterocycles. The number of fused-ring (bicyclic) bond motifs is 1. The number of carbonyl (C=O) groups is 1. The zero-order chi connectivity index (χ0) is 21.7. The molecule has 0 spiro atoms. The number of carbonyl (C=O) groups excluding carboxylic acids is 1. The average Bonchev–Trinajstić information content (AvgIpc) is 3.33. The zero-order valence-electron chi connectivity index (χ0n) is 18.0. The SMILES string of the molecule is CCOCCCN(Cc1ccco1)C(=O)c1c(C)oc2ncn(CC(C)C)c(=O)c12. The van der Waals surface area contributed by atoms with Crippen molar-refractivity contribution in [2.45, 2.75) is 47.2 Å². The number of hydrogen-bond donors (Lipinski definition) is 0. The fourth-order valence-corrected chi connectivity index (χ4v) is 3.42. The van der Waals surface area contributed by atoms with Gasteiger partial charge >= 0.3 is 0 Å². The average molecular weight is 415 g/mol. The Balaban J connectivity index is 1.98. The highest BCUT2D eigenvalue weighted by Gasteiger charge is 2.27. The largest absolute Gasteiger partial charge is 0.467 e. The van der Waals surface area contributed by atoms with E-state index in [1.807, 2.05) is 26.8 Å². The summed E-state index contributed by atoms with van der Waals surface area (Å²) in [6, 6.07) is 3.60. The molecule has 0 aliphatic rings. The molecule has 162 valence electrons. The van der Waals surface area contributed by atoms with Gasteiger partial charge in [0.25, 0.3) is 11.5 Å². The molecular formula is C22H29N3O5. The van der Waals surface area contributed by atoms with Crippen molar-refractivity contribution in [3.63, 3.8) is 0 Å². The van der Waals surface area contributed by atoms with Gasteiger partial charge in [-0.1, -0.05) is 13.8 Å². The monoisotopic (exact) mass is 415 g/mol. The lowest BCUT2D eigenvalue weighted by Crippen LogP contribution is -2.33. The summed E-state index contributed by atoms with van der Waals surface area (Å²) in [7, 11) is 0. The van der Waals surface area contributed by atoms with E-state index in [1.54, 1.807) is 24.2 Å². The van der Waals surface area contributed by atoms with E-state index in [2.05, 4.69) is 4.98 Å². The molecule has 0 atom stereocenters. The Kier molecular flexibility index (Phi) is 7.10. The summed E-state index contributed by atoms with van der Waals surface area (Å²) in [5, 5.41) is 0.231. The van der Waals surface area contributed by atoms with Gasteiger partial charge in [0.15, 0.2) is 0 Å². The predicted octanol–water partition coefficient (Wildman–Crippen LogP) is 3.62. The van der Waals surface area contributed by atoms with E-state index in [4.69, 9.17) is 13.6 Å². The summed E-state index contributed by atoms with van der Waals surface area (Å²) >= 11 is 0. The Morgan fingerprint density at radius 1 is 1.37 bits per heavy atom. The van der Waals surface area contributed by atoms with Crippen molar-refractivity contribution in [1.82, 2.24) is 14.5 Å². The third kappa shape index (κ3) is 4.81. The number of rotatable bonds is 10. The second-order valence-electron chi connectivity index (χ2n) is 7.67. The smallest absolute Gasteiger partial charge is 0.265 e. The molecule has 3 aromatic heterocycles. The van der Waals surface area contributed by atoms with Crippen molar-refractivity contribution in [3.05, 3.63) is 52.2 Å². The highest BCUT2D eigenvalue weighted by molar-refractivity contribution is 6.06. The third-order valence-electron chi connectivity index (χ3n) is 4.77. The number of aromatic nitrogens is 2. The standard InChI is InChI=1S/C22H29N3O5/c1-5-28-10-7-9-24(13-17-8-6-11-29-17)21(26)18-16(4)30-20-19(18)22(27)25(14-23-20)12-15(2)3/h6,8,11,14-15H,5,7,9-10,12-13H2,1-4H3. The maximum atomic E-state index is 13.5. The van der Waals surface area contributed by atoms with Gasteiger partial charge < -0.3 is 18.5 Å². The van der Waals surface area contributed by atoms with Crippen LogP contribution in [0.5, 0.6) is 0 Å². The molecule has 3 rings (SSSR count). The molecule has 0 fully saturated rings. The summed E-state index contributed by atoms with van der Waals surface area (Å²) in [6.07, 6.45) is 3.72. The van der Waals surface area contributed by atoms with Crippen molar-refractivity contribution >= 4 is 17.0 Å². The summed E-state index contributed by atoms with van der Waals surface area (Å²) in [6.45, 7) is 10.1. The fraction of sp³-hybridized carbons (Fsp3) is 0.500. The van der Waals surface area contributed by atoms with E-state index >= 15 is 0 Å². The lowest BCUT2D eigenvalue weighted by Gasteiger charge is -2.21. The van der Waals surface area contributed by atoms with Crippen molar-refractivity contribution in [1.29, 1.82) is 0 Å². The molecule has 8 heteroatoms. The fourth-order valence-electron chi connectivity index (χ4n) is 3.42. The van der Waals surface area contributed by atoms with Crippen molar-refractivity contribution in [3.8, 4) is 0 Å². The Labute approximate surface area is 175 Å². The molecule has 3 aromatic rings. The molecule has 0 bridgehead atoms. The minimum absolute atomic E-state index is 0.188. The van der Waals surface area contributed by atoms with Crippen LogP contribution in [0, 0.1) is 12.8 Å². The number of aryl methyl sites for hydroxylation is 1. The molecule has 30 heavy (non-hydrogen) atoms. The molecule has 0 aliphatic carbocycles. The minimum Gasteiger partial charge on any atom is -0.467 e. The van der Waals surface area contributed by atoms with Crippen LogP contribution in [-0.2, 0) is 17.8 Å². The third-order valence-corrected chi connectivity index (χ3v) is 4.77. The molecule has 0 aliphatic heterocycles. The van der Waals surface area contributed by atoms with Crippen molar-refractivity contribution in [2.75, 3.05) is 19.8 Å². The number of nitrogens with zero attached hydrogens (tertiary/aromatic N) is 3. The number of furan rings is 2. The summed E-state index contributed by atoms with van der Waals surface area (Å²) in [5.74, 6) is 1.04. The highest BCUT2D eigenvalue weighted by atomic mass is 16.5. The van der Waals surface area contributed by atoms with Gasteiger partial charge in [-0.3, -0.25) is 14.2 Å². The number of amides is 1. The highest BCUT2D eigenvalue weighted by Crippen LogP contribution is 2.24. The topological polar surface area (TPSA) is 90.7 Å². The van der Waals surface area contributed by atoms with Crippen molar-refractivity contribution in [2.24, 2.45) is 5.92 Å². The van der Waals surface area contributed by atoms with E-state index in [1.165, 1.54) is 10.9 Å². The first-order valence-electron chi connectivity index (χ1n) is 10.3. The molecule has 0 N–H and O–H groups in total. The molecule has 0 aromatic carbocycles. The summed E-state index contributed by atoms with van der Waals surface area (Å²) < 4.78 is 18.1. The molecule has 0 saturated carbocycles. The van der Waals surface area contributed by atoms with Crippen LogP contribution in [0.15, 0.2) is 38.4 Å². The van der Waals surface area contributed by atoms with Crippen LogP contribution in [0.2, 0.25) is 0 Å². The molecule has 1 amide bonds. The number of ether oxygens (including phenoxy) is 1. The van der Waals surface area contributed by atoms with Crippen molar-refractivity contribution < 1.29 is 18.4 Å². The Morgan fingerprint density at radius 2 is 2.17 bits per heavy atom. The van der Waals surface area contributed by atoms with Gasteiger partial charge in [-0.2, -0.15) is 0 Å². The van der Waals surface area contributed by atoms with Crippen LogP contribution < -0.4 is 5.56 Å². The minimum atomic E-state index is -0.277. The Bertz CT molecular complexity index is 1030. The lowest BCUT2D eigenvalue weighted by atomic mass is 10.1. The normalized spacial score (nSPS) is 11.5. The van der Waals surface area contributed by atoms with Gasteiger partial charge in [-0.15, -0.1) is 0 Å². The van der Waals surface area contributed by atoms with Gasteiger partial charge in [0.05, 0.1) is 18.4 Å². The van der Waals surface area contributed by atoms with Gasteiger partial charge in [0.2, 0.25) is 5.71 Å². The first kappa shape index (κ1) is 21.8. The first-order chi connectivity index (χ1) is 14.4. The van der Waals surface area contributed by atoms with E-state index in [-0.39, 0.29) is 34.0 Å².